The fourth-order valence-electron chi connectivity index (χ4n) is 1.16. The summed E-state index contributed by atoms with van der Waals surface area (Å²) in [6.07, 6.45) is 2.70. The average Bonchev–Trinajstić information content (AvgIpc) is 2.27. The molecule has 0 bridgehead atoms. The van der Waals surface area contributed by atoms with Crippen LogP contribution < -0.4 is 11.1 Å². The lowest BCUT2D eigenvalue weighted by atomic mass is 10.2. The molecule has 1 aromatic heterocycles. The van der Waals surface area contributed by atoms with E-state index in [1.807, 2.05) is 0 Å². The zero-order valence-electron chi connectivity index (χ0n) is 10.3. The Kier molecular flexibility index (Phi) is 5.83. The summed E-state index contributed by atoms with van der Waals surface area (Å²) in [5, 5.41) is 2.78. The summed E-state index contributed by atoms with van der Waals surface area (Å²) in [7, 11) is 0. The Morgan fingerprint density at radius 1 is 1.53 bits per heavy atom. The molecule has 1 heterocycles. The highest BCUT2D eigenvalue weighted by atomic mass is 32.2. The van der Waals surface area contributed by atoms with Gasteiger partial charge in [0.05, 0.1) is 17.6 Å². The van der Waals surface area contributed by atoms with E-state index in [2.05, 4.69) is 24.1 Å². The van der Waals surface area contributed by atoms with Gasteiger partial charge in [-0.1, -0.05) is 13.8 Å². The fraction of sp³-hybridized carbons (Fsp3) is 0.500. The SMILES string of the molecule is CC(C)CCSCC(=O)Nc1ccc(N)nc1. The van der Waals surface area contributed by atoms with E-state index in [-0.39, 0.29) is 5.91 Å². The van der Waals surface area contributed by atoms with Crippen LogP contribution in [0, 0.1) is 5.92 Å². The number of rotatable bonds is 6. The highest BCUT2D eigenvalue weighted by Crippen LogP contribution is 2.11. The van der Waals surface area contributed by atoms with Crippen molar-refractivity contribution in [2.45, 2.75) is 20.3 Å². The van der Waals surface area contributed by atoms with Crippen LogP contribution in [0.2, 0.25) is 0 Å². The first-order valence-electron chi connectivity index (χ1n) is 5.67. The Bertz CT molecular complexity index is 351. The number of nitrogen functional groups attached to an aromatic ring is 1. The third-order valence-electron chi connectivity index (χ3n) is 2.14. The summed E-state index contributed by atoms with van der Waals surface area (Å²) in [5.41, 5.74) is 6.14. The van der Waals surface area contributed by atoms with Crippen LogP contribution >= 0.6 is 11.8 Å². The number of thioether (sulfide) groups is 1. The number of hydrogen-bond donors (Lipinski definition) is 2. The molecule has 0 saturated heterocycles. The minimum absolute atomic E-state index is 0.00493. The topological polar surface area (TPSA) is 68.0 Å². The third-order valence-corrected chi connectivity index (χ3v) is 3.13. The number of aromatic nitrogens is 1. The number of carbonyl (C=O) groups is 1. The lowest BCUT2D eigenvalue weighted by Gasteiger charge is -2.06. The van der Waals surface area contributed by atoms with Crippen molar-refractivity contribution in [3.8, 4) is 0 Å². The molecule has 1 amide bonds. The van der Waals surface area contributed by atoms with Crippen molar-refractivity contribution >= 4 is 29.2 Å². The number of pyridine rings is 1. The van der Waals surface area contributed by atoms with Crippen molar-refractivity contribution in [3.63, 3.8) is 0 Å². The van der Waals surface area contributed by atoms with Gasteiger partial charge in [0.1, 0.15) is 5.82 Å². The average molecular weight is 253 g/mol. The molecule has 0 aliphatic rings. The number of nitrogens with zero attached hydrogens (tertiary/aromatic N) is 1. The van der Waals surface area contributed by atoms with Crippen LogP contribution in [0.1, 0.15) is 20.3 Å². The lowest BCUT2D eigenvalue weighted by Crippen LogP contribution is -2.14. The summed E-state index contributed by atoms with van der Waals surface area (Å²) in [4.78, 5) is 15.5. The molecule has 3 N–H and O–H groups in total. The second-order valence-electron chi connectivity index (χ2n) is 4.26. The first-order chi connectivity index (χ1) is 8.08. The van der Waals surface area contributed by atoms with Gasteiger partial charge in [0.15, 0.2) is 0 Å². The molecule has 0 fully saturated rings. The van der Waals surface area contributed by atoms with Gasteiger partial charge >= 0.3 is 0 Å². The maximum atomic E-state index is 11.6. The Morgan fingerprint density at radius 2 is 2.29 bits per heavy atom. The minimum atomic E-state index is 0.00493. The van der Waals surface area contributed by atoms with E-state index in [4.69, 9.17) is 5.73 Å². The van der Waals surface area contributed by atoms with Crippen molar-refractivity contribution in [3.05, 3.63) is 18.3 Å². The third kappa shape index (κ3) is 6.16. The maximum Gasteiger partial charge on any atom is 0.234 e. The predicted octanol–water partition coefficient (Wildman–Crippen LogP) is 2.38. The molecule has 17 heavy (non-hydrogen) atoms. The molecule has 0 saturated carbocycles. The highest BCUT2D eigenvalue weighted by molar-refractivity contribution is 7.99. The van der Waals surface area contributed by atoms with Gasteiger partial charge in [-0.25, -0.2) is 4.98 Å². The molecule has 1 aromatic rings. The van der Waals surface area contributed by atoms with Gasteiger partial charge in [-0.15, -0.1) is 0 Å². The van der Waals surface area contributed by atoms with Crippen molar-refractivity contribution in [2.75, 3.05) is 22.6 Å². The summed E-state index contributed by atoms with van der Waals surface area (Å²) in [6.45, 7) is 4.36. The van der Waals surface area contributed by atoms with Gasteiger partial charge < -0.3 is 11.1 Å². The molecule has 0 aromatic carbocycles. The van der Waals surface area contributed by atoms with E-state index >= 15 is 0 Å². The van der Waals surface area contributed by atoms with Gasteiger partial charge in [-0.3, -0.25) is 4.79 Å². The van der Waals surface area contributed by atoms with Crippen LogP contribution in [0.15, 0.2) is 18.3 Å². The molecule has 5 heteroatoms. The largest absolute Gasteiger partial charge is 0.384 e. The van der Waals surface area contributed by atoms with Crippen LogP contribution in [-0.4, -0.2) is 22.4 Å². The fourth-order valence-corrected chi connectivity index (χ4v) is 2.20. The number of anilines is 2. The molecule has 0 atom stereocenters. The second-order valence-corrected chi connectivity index (χ2v) is 5.36. The quantitative estimate of drug-likeness (QED) is 0.764. The minimum Gasteiger partial charge on any atom is -0.384 e. The molecule has 1 rings (SSSR count). The number of carbonyl (C=O) groups excluding carboxylic acids is 1. The molecule has 94 valence electrons. The van der Waals surface area contributed by atoms with E-state index < -0.39 is 0 Å². The Balaban J connectivity index is 2.23. The maximum absolute atomic E-state index is 11.6. The monoisotopic (exact) mass is 253 g/mol. The van der Waals surface area contributed by atoms with Crippen LogP contribution in [-0.2, 0) is 4.79 Å². The molecule has 0 aliphatic carbocycles. The Labute approximate surface area is 106 Å². The molecule has 0 unspecified atom stereocenters. The van der Waals surface area contributed by atoms with E-state index in [0.29, 0.717) is 23.2 Å². The molecule has 0 aliphatic heterocycles. The molecular weight excluding hydrogens is 234 g/mol. The number of nitrogens with two attached hydrogens (primary N) is 1. The molecule has 0 radical (unpaired) electrons. The zero-order valence-corrected chi connectivity index (χ0v) is 11.1. The number of amides is 1. The van der Waals surface area contributed by atoms with Crippen molar-refractivity contribution in [1.29, 1.82) is 0 Å². The van der Waals surface area contributed by atoms with Crippen molar-refractivity contribution in [1.82, 2.24) is 4.98 Å². The van der Waals surface area contributed by atoms with Crippen molar-refractivity contribution < 1.29 is 4.79 Å². The standard InChI is InChI=1S/C12H19N3OS/c1-9(2)5-6-17-8-12(16)15-10-3-4-11(13)14-7-10/h3-4,7,9H,5-6,8H2,1-2H3,(H2,13,14)(H,15,16). The van der Waals surface area contributed by atoms with Gasteiger partial charge in [-0.2, -0.15) is 11.8 Å². The summed E-state index contributed by atoms with van der Waals surface area (Å²) >= 11 is 1.65. The van der Waals surface area contributed by atoms with Crippen molar-refractivity contribution in [2.24, 2.45) is 5.92 Å². The van der Waals surface area contributed by atoms with Crippen LogP contribution in [0.25, 0.3) is 0 Å². The van der Waals surface area contributed by atoms with Crippen LogP contribution in [0.3, 0.4) is 0 Å². The predicted molar refractivity (Wildman–Crippen MR) is 74.1 cm³/mol. The lowest BCUT2D eigenvalue weighted by molar-refractivity contribution is -0.113. The first-order valence-corrected chi connectivity index (χ1v) is 6.82. The van der Waals surface area contributed by atoms with Gasteiger partial charge in [0.25, 0.3) is 0 Å². The smallest absolute Gasteiger partial charge is 0.234 e. The molecule has 4 nitrogen and oxygen atoms in total. The second kappa shape index (κ2) is 7.17. The van der Waals surface area contributed by atoms with Gasteiger partial charge in [-0.05, 0) is 30.2 Å². The summed E-state index contributed by atoms with van der Waals surface area (Å²) in [6, 6.07) is 3.42. The zero-order chi connectivity index (χ0) is 12.7. The Morgan fingerprint density at radius 3 is 2.88 bits per heavy atom. The van der Waals surface area contributed by atoms with E-state index in [1.165, 1.54) is 0 Å². The van der Waals surface area contributed by atoms with Crippen LogP contribution in [0.4, 0.5) is 11.5 Å². The van der Waals surface area contributed by atoms with Crippen LogP contribution in [0.5, 0.6) is 0 Å². The van der Waals surface area contributed by atoms with E-state index in [0.717, 1.165) is 12.2 Å². The van der Waals surface area contributed by atoms with E-state index in [9.17, 15) is 4.79 Å². The highest BCUT2D eigenvalue weighted by Gasteiger charge is 2.03. The molecular formula is C12H19N3OS. The normalized spacial score (nSPS) is 10.5. The summed E-state index contributed by atoms with van der Waals surface area (Å²) in [5.74, 6) is 2.65. The van der Waals surface area contributed by atoms with E-state index in [1.54, 1.807) is 30.1 Å². The summed E-state index contributed by atoms with van der Waals surface area (Å²) < 4.78 is 0. The first kappa shape index (κ1) is 13.8. The number of nitrogens with one attached hydrogen (secondary N) is 1. The molecule has 0 spiro atoms. The number of hydrogen-bond acceptors (Lipinski definition) is 4. The van der Waals surface area contributed by atoms with Gasteiger partial charge in [0.2, 0.25) is 5.91 Å². The van der Waals surface area contributed by atoms with Gasteiger partial charge in [0, 0.05) is 0 Å². The Hall–Kier alpha value is -1.23.